The Morgan fingerprint density at radius 2 is 2.16 bits per heavy atom. The molecule has 0 saturated heterocycles. The fourth-order valence-corrected chi connectivity index (χ4v) is 3.61. The van der Waals surface area contributed by atoms with Crippen LogP contribution in [0.25, 0.3) is 0 Å². The molecule has 0 amide bonds. The number of sulfonamides is 1. The third-order valence-corrected chi connectivity index (χ3v) is 4.71. The van der Waals surface area contributed by atoms with Crippen molar-refractivity contribution in [2.24, 2.45) is 5.92 Å². The molecular formula is C12H17NO5S. The van der Waals surface area contributed by atoms with Crippen molar-refractivity contribution in [3.8, 4) is 0 Å². The zero-order valence-electron chi connectivity index (χ0n) is 10.6. The van der Waals surface area contributed by atoms with E-state index in [0.29, 0.717) is 5.92 Å². The highest BCUT2D eigenvalue weighted by Crippen LogP contribution is 2.25. The van der Waals surface area contributed by atoms with E-state index in [-0.39, 0.29) is 16.9 Å². The van der Waals surface area contributed by atoms with Crippen LogP contribution >= 0.6 is 0 Å². The predicted octanol–water partition coefficient (Wildman–Crippen LogP) is 1.83. The molecule has 2 N–H and O–H groups in total. The molecule has 7 heteroatoms. The minimum atomic E-state index is -3.78. The van der Waals surface area contributed by atoms with E-state index in [9.17, 15) is 13.2 Å². The van der Waals surface area contributed by atoms with Crippen LogP contribution in [0.5, 0.6) is 0 Å². The summed E-state index contributed by atoms with van der Waals surface area (Å²) >= 11 is 0. The summed E-state index contributed by atoms with van der Waals surface area (Å²) in [6, 6.07) is 2.20. The lowest BCUT2D eigenvalue weighted by molar-refractivity contribution is 0.0656. The molecule has 1 aliphatic carbocycles. The van der Waals surface area contributed by atoms with E-state index < -0.39 is 16.0 Å². The fraction of sp³-hybridized carbons (Fsp3) is 0.583. The van der Waals surface area contributed by atoms with Gasteiger partial charge in [0.25, 0.3) is 10.0 Å². The summed E-state index contributed by atoms with van der Waals surface area (Å²) in [6.45, 7) is 2.09. The predicted molar refractivity (Wildman–Crippen MR) is 67.4 cm³/mol. The van der Waals surface area contributed by atoms with E-state index in [1.54, 1.807) is 0 Å². The molecule has 106 valence electrons. The molecule has 6 nitrogen and oxygen atoms in total. The van der Waals surface area contributed by atoms with Crippen LogP contribution in [0.3, 0.4) is 0 Å². The summed E-state index contributed by atoms with van der Waals surface area (Å²) in [5, 5.41) is 8.37. The molecule has 0 spiro atoms. The lowest BCUT2D eigenvalue weighted by Gasteiger charge is -2.26. The normalized spacial score (nSPS) is 24.3. The molecular weight excluding hydrogens is 270 g/mol. The minimum Gasteiger partial charge on any atom is -0.475 e. The van der Waals surface area contributed by atoms with E-state index in [2.05, 4.69) is 11.6 Å². The Balaban J connectivity index is 2.10. The minimum absolute atomic E-state index is 0.105. The molecule has 2 unspecified atom stereocenters. The van der Waals surface area contributed by atoms with E-state index in [1.165, 1.54) is 0 Å². The fourth-order valence-electron chi connectivity index (χ4n) is 2.40. The summed E-state index contributed by atoms with van der Waals surface area (Å²) in [7, 11) is -3.78. The number of rotatable bonds is 4. The second-order valence-electron chi connectivity index (χ2n) is 5.01. The number of carboxylic acids is 1. The first-order valence-corrected chi connectivity index (χ1v) is 7.72. The molecule has 1 heterocycles. The first-order valence-electron chi connectivity index (χ1n) is 6.24. The topological polar surface area (TPSA) is 96.6 Å². The van der Waals surface area contributed by atoms with Gasteiger partial charge in [-0.3, -0.25) is 0 Å². The van der Waals surface area contributed by atoms with Crippen molar-refractivity contribution < 1.29 is 22.7 Å². The maximum Gasteiger partial charge on any atom is 0.371 e. The number of hydrogen-bond acceptors (Lipinski definition) is 4. The summed E-state index contributed by atoms with van der Waals surface area (Å²) in [5.41, 5.74) is 0. The Morgan fingerprint density at radius 1 is 1.42 bits per heavy atom. The molecule has 0 aromatic carbocycles. The molecule has 1 aliphatic rings. The van der Waals surface area contributed by atoms with Gasteiger partial charge in [0.1, 0.15) is 0 Å². The van der Waals surface area contributed by atoms with Gasteiger partial charge in [-0.05, 0) is 30.9 Å². The van der Waals surface area contributed by atoms with Gasteiger partial charge < -0.3 is 9.52 Å². The van der Waals surface area contributed by atoms with Crippen molar-refractivity contribution in [3.63, 3.8) is 0 Å². The van der Waals surface area contributed by atoms with Gasteiger partial charge in [0.2, 0.25) is 10.9 Å². The van der Waals surface area contributed by atoms with Crippen molar-refractivity contribution in [1.29, 1.82) is 0 Å². The van der Waals surface area contributed by atoms with Gasteiger partial charge in [0.05, 0.1) is 0 Å². The van der Waals surface area contributed by atoms with Gasteiger partial charge in [0.15, 0.2) is 0 Å². The lowest BCUT2D eigenvalue weighted by Crippen LogP contribution is -2.37. The van der Waals surface area contributed by atoms with Gasteiger partial charge in [-0.1, -0.05) is 19.8 Å². The molecule has 0 radical (unpaired) electrons. The summed E-state index contributed by atoms with van der Waals surface area (Å²) in [4.78, 5) is 10.7. The highest BCUT2D eigenvalue weighted by molar-refractivity contribution is 7.89. The van der Waals surface area contributed by atoms with E-state index in [0.717, 1.165) is 37.8 Å². The largest absolute Gasteiger partial charge is 0.475 e. The van der Waals surface area contributed by atoms with Crippen molar-refractivity contribution in [2.75, 3.05) is 0 Å². The Morgan fingerprint density at radius 3 is 2.74 bits per heavy atom. The quantitative estimate of drug-likeness (QED) is 0.880. The number of aromatic carboxylic acids is 1. The number of hydrogen-bond donors (Lipinski definition) is 2. The zero-order valence-corrected chi connectivity index (χ0v) is 11.4. The van der Waals surface area contributed by atoms with Gasteiger partial charge in [-0.25, -0.2) is 17.9 Å². The number of nitrogens with one attached hydrogen (secondary N) is 1. The van der Waals surface area contributed by atoms with E-state index >= 15 is 0 Å². The molecule has 1 aromatic rings. The van der Waals surface area contributed by atoms with Crippen LogP contribution in [0.1, 0.15) is 43.2 Å². The summed E-state index contributed by atoms with van der Waals surface area (Å²) in [6.07, 6.45) is 3.71. The van der Waals surface area contributed by atoms with Gasteiger partial charge >= 0.3 is 5.97 Å². The third-order valence-electron chi connectivity index (χ3n) is 3.32. The Kier molecular flexibility index (Phi) is 3.96. The molecule has 2 atom stereocenters. The van der Waals surface area contributed by atoms with Crippen LogP contribution in [0.4, 0.5) is 0 Å². The first kappa shape index (κ1) is 14.1. The van der Waals surface area contributed by atoms with E-state index in [1.807, 2.05) is 0 Å². The van der Waals surface area contributed by atoms with Gasteiger partial charge in [0, 0.05) is 6.04 Å². The van der Waals surface area contributed by atoms with Crippen molar-refractivity contribution >= 4 is 16.0 Å². The Hall–Kier alpha value is -1.34. The maximum atomic E-state index is 12.0. The van der Waals surface area contributed by atoms with Gasteiger partial charge in [-0.2, -0.15) is 0 Å². The van der Waals surface area contributed by atoms with Crippen LogP contribution in [0.2, 0.25) is 0 Å². The number of furan rings is 1. The van der Waals surface area contributed by atoms with Crippen molar-refractivity contribution in [3.05, 3.63) is 17.9 Å². The van der Waals surface area contributed by atoms with Crippen LogP contribution in [0, 0.1) is 5.92 Å². The molecule has 2 rings (SSSR count). The second kappa shape index (κ2) is 5.34. The maximum absolute atomic E-state index is 12.0. The monoisotopic (exact) mass is 287 g/mol. The van der Waals surface area contributed by atoms with Crippen LogP contribution in [-0.4, -0.2) is 25.5 Å². The molecule has 0 bridgehead atoms. The molecule has 1 fully saturated rings. The zero-order chi connectivity index (χ0) is 14.0. The molecule has 0 aliphatic heterocycles. The third kappa shape index (κ3) is 3.36. The average Bonchev–Trinajstić information content (AvgIpc) is 2.78. The highest BCUT2D eigenvalue weighted by atomic mass is 32.2. The SMILES string of the molecule is CC1CCCC(NS(=O)(=O)c2ccc(C(=O)O)o2)C1. The summed E-state index contributed by atoms with van der Waals surface area (Å²) in [5.74, 6) is -1.17. The second-order valence-corrected chi connectivity index (χ2v) is 6.66. The average molecular weight is 287 g/mol. The Bertz CT molecular complexity index is 562. The highest BCUT2D eigenvalue weighted by Gasteiger charge is 2.27. The summed E-state index contributed by atoms with van der Waals surface area (Å²) < 4.78 is 31.5. The van der Waals surface area contributed by atoms with Crippen LogP contribution in [0.15, 0.2) is 21.6 Å². The van der Waals surface area contributed by atoms with E-state index in [4.69, 9.17) is 9.52 Å². The Labute approximate surface area is 111 Å². The van der Waals surface area contributed by atoms with Crippen molar-refractivity contribution in [1.82, 2.24) is 4.72 Å². The van der Waals surface area contributed by atoms with Crippen LogP contribution in [-0.2, 0) is 10.0 Å². The standard InChI is InChI=1S/C12H17NO5S/c1-8-3-2-4-9(7-8)13-19(16,17)11-6-5-10(18-11)12(14)15/h5-6,8-9,13H,2-4,7H2,1H3,(H,14,15). The molecule has 1 saturated carbocycles. The first-order chi connectivity index (χ1) is 8.88. The lowest BCUT2D eigenvalue weighted by atomic mass is 9.88. The van der Waals surface area contributed by atoms with Crippen molar-refractivity contribution in [2.45, 2.75) is 43.7 Å². The van der Waals surface area contributed by atoms with Crippen LogP contribution < -0.4 is 4.72 Å². The number of carbonyl (C=O) groups is 1. The molecule has 19 heavy (non-hydrogen) atoms. The molecule has 1 aromatic heterocycles. The van der Waals surface area contributed by atoms with Gasteiger partial charge in [-0.15, -0.1) is 0 Å². The number of carboxylic acid groups (broad SMARTS) is 1. The smallest absolute Gasteiger partial charge is 0.371 e.